The zero-order valence-corrected chi connectivity index (χ0v) is 27.9. The Morgan fingerprint density at radius 3 is 2.20 bits per heavy atom. The first-order valence-electron chi connectivity index (χ1n) is 12.9. The molecule has 0 spiro atoms. The number of benzene rings is 2. The summed E-state index contributed by atoms with van der Waals surface area (Å²) in [6.07, 6.45) is 0. The van der Waals surface area contributed by atoms with Crippen molar-refractivity contribution in [2.75, 3.05) is 40.3 Å². The Morgan fingerprint density at radius 1 is 1.02 bits per heavy atom. The lowest BCUT2D eigenvalue weighted by Gasteiger charge is -2.24. The smallest absolute Gasteiger partial charge is 0.334 e. The summed E-state index contributed by atoms with van der Waals surface area (Å²) in [6, 6.07) is 10.8. The fraction of sp³-hybridized carbons (Fsp3) is 0.500. The number of hydrogen-bond donors (Lipinski definition) is 1. The number of nitrogens with zero attached hydrogens (tertiary/aromatic N) is 1. The van der Waals surface area contributed by atoms with E-state index in [0.29, 0.717) is 35.8 Å². The van der Waals surface area contributed by atoms with E-state index in [4.69, 9.17) is 29.4 Å². The van der Waals surface area contributed by atoms with E-state index in [1.807, 2.05) is 32.9 Å². The number of esters is 2. The molecule has 2 heterocycles. The molecule has 226 valence electrons. The molecule has 0 aromatic heterocycles. The second-order valence-corrected chi connectivity index (χ2v) is 14.3. The molecule has 2 aromatic rings. The predicted molar refractivity (Wildman–Crippen MR) is 162 cm³/mol. The van der Waals surface area contributed by atoms with Gasteiger partial charge in [-0.2, -0.15) is 4.31 Å². The Bertz CT molecular complexity index is 1300. The Labute approximate surface area is 260 Å². The summed E-state index contributed by atoms with van der Waals surface area (Å²) in [7, 11) is 0.167. The molecule has 2 aromatic carbocycles. The van der Waals surface area contributed by atoms with Crippen molar-refractivity contribution in [3.8, 4) is 11.5 Å². The first-order valence-corrected chi connectivity index (χ1v) is 15.6. The standard InChI is InChI=1S/C17H24BrNO5S.C11H12BrNO3/c1-6-23-15(20)17(10-19(17)25(21)16(2,3)4)13-8-7-12(18)9-14(13)24-11-22-5;1-2-15-10(14)11(13)6-16-9-5-7(12)3-4-8(9)11/h7-9H,6,10-11H2,1-5H3;3-5H,2,6,13H2,1H3. The second kappa shape index (κ2) is 13.5. The highest BCUT2D eigenvalue weighted by molar-refractivity contribution is 9.10. The first kappa shape index (κ1) is 33.5. The summed E-state index contributed by atoms with van der Waals surface area (Å²) in [5.41, 5.74) is 5.07. The molecule has 1 fully saturated rings. The van der Waals surface area contributed by atoms with E-state index >= 15 is 0 Å². The van der Waals surface area contributed by atoms with Gasteiger partial charge in [0.15, 0.2) is 17.9 Å². The highest BCUT2D eigenvalue weighted by Gasteiger charge is 2.66. The topological polar surface area (TPSA) is 126 Å². The number of nitrogens with two attached hydrogens (primary N) is 1. The van der Waals surface area contributed by atoms with Crippen LogP contribution in [-0.4, -0.2) is 65.5 Å². The number of rotatable bonds is 9. The predicted octanol–water partition coefficient (Wildman–Crippen LogP) is 4.53. The maximum atomic E-state index is 12.9. The van der Waals surface area contributed by atoms with Gasteiger partial charge < -0.3 is 29.4 Å². The van der Waals surface area contributed by atoms with Crippen molar-refractivity contribution in [3.63, 3.8) is 0 Å². The van der Waals surface area contributed by atoms with Gasteiger partial charge in [-0.25, -0.2) is 13.8 Å². The van der Waals surface area contributed by atoms with Gasteiger partial charge in [-0.1, -0.05) is 44.0 Å². The third kappa shape index (κ3) is 7.14. The van der Waals surface area contributed by atoms with Gasteiger partial charge in [0.25, 0.3) is 0 Å². The van der Waals surface area contributed by atoms with Crippen molar-refractivity contribution < 1.29 is 37.5 Å². The SMILES string of the molecule is CCOC(=O)C1(N)COc2cc(Br)ccc21.CCOC(=O)C1(c2ccc(Br)cc2OCOC)CN1S(=O)C(C)(C)C. The maximum absolute atomic E-state index is 12.9. The maximum Gasteiger partial charge on any atom is 0.334 e. The van der Waals surface area contributed by atoms with Crippen molar-refractivity contribution in [1.82, 2.24) is 4.31 Å². The van der Waals surface area contributed by atoms with Crippen molar-refractivity contribution in [2.45, 2.75) is 50.4 Å². The molecule has 2 aliphatic heterocycles. The molecule has 41 heavy (non-hydrogen) atoms. The summed E-state index contributed by atoms with van der Waals surface area (Å²) in [5, 5.41) is 0. The third-order valence-electron chi connectivity index (χ3n) is 6.27. The summed E-state index contributed by atoms with van der Waals surface area (Å²) in [4.78, 5) is 24.6. The molecule has 4 rings (SSSR count). The van der Waals surface area contributed by atoms with Gasteiger partial charge >= 0.3 is 11.9 Å². The molecular formula is C28H36Br2N2O8S. The highest BCUT2D eigenvalue weighted by Crippen LogP contribution is 2.50. The second-order valence-electron chi connectivity index (χ2n) is 10.3. The molecule has 0 bridgehead atoms. The molecule has 4 atom stereocenters. The van der Waals surface area contributed by atoms with E-state index < -0.39 is 38.7 Å². The Morgan fingerprint density at radius 2 is 1.61 bits per heavy atom. The van der Waals surface area contributed by atoms with E-state index in [9.17, 15) is 13.8 Å². The molecule has 4 unspecified atom stereocenters. The normalized spacial score (nSPS) is 23.3. The summed E-state index contributed by atoms with van der Waals surface area (Å²) in [5.74, 6) is 0.260. The van der Waals surface area contributed by atoms with Crippen LogP contribution in [0.15, 0.2) is 45.3 Å². The highest BCUT2D eigenvalue weighted by atomic mass is 79.9. The van der Waals surface area contributed by atoms with Crippen molar-refractivity contribution in [3.05, 3.63) is 56.5 Å². The van der Waals surface area contributed by atoms with Crippen LogP contribution in [0.4, 0.5) is 0 Å². The zero-order chi connectivity index (χ0) is 30.6. The Kier molecular flexibility index (Phi) is 11.0. The number of carbonyl (C=O) groups is 2. The molecule has 0 radical (unpaired) electrons. The van der Waals surface area contributed by atoms with Gasteiger partial charge in [0.1, 0.15) is 29.1 Å². The van der Waals surface area contributed by atoms with Gasteiger partial charge in [0.2, 0.25) is 0 Å². The van der Waals surface area contributed by atoms with Crippen LogP contribution in [0.5, 0.6) is 11.5 Å². The van der Waals surface area contributed by atoms with Gasteiger partial charge in [0, 0.05) is 33.7 Å². The van der Waals surface area contributed by atoms with Crippen molar-refractivity contribution in [1.29, 1.82) is 0 Å². The van der Waals surface area contributed by atoms with Gasteiger partial charge in [-0.15, -0.1) is 0 Å². The molecule has 10 nitrogen and oxygen atoms in total. The number of carbonyl (C=O) groups excluding carboxylic acids is 2. The quantitative estimate of drug-likeness (QED) is 0.226. The van der Waals surface area contributed by atoms with Crippen molar-refractivity contribution >= 4 is 54.8 Å². The largest absolute Gasteiger partial charge is 0.490 e. The zero-order valence-electron chi connectivity index (χ0n) is 24.0. The van der Waals surface area contributed by atoms with Crippen LogP contribution in [0.1, 0.15) is 45.7 Å². The average molecular weight is 720 g/mol. The Balaban J connectivity index is 0.000000248. The van der Waals surface area contributed by atoms with E-state index in [-0.39, 0.29) is 20.0 Å². The number of halogens is 2. The first-order chi connectivity index (χ1) is 19.3. The van der Waals surface area contributed by atoms with Crippen LogP contribution in [0.25, 0.3) is 0 Å². The molecule has 2 N–H and O–H groups in total. The van der Waals surface area contributed by atoms with Crippen molar-refractivity contribution in [2.24, 2.45) is 5.73 Å². The average Bonchev–Trinajstić information content (AvgIpc) is 3.58. The number of methoxy groups -OCH3 is 1. The molecule has 2 aliphatic rings. The number of fused-ring (bicyclic) bond motifs is 1. The van der Waals surface area contributed by atoms with E-state index in [1.165, 1.54) is 7.11 Å². The molecule has 0 aliphatic carbocycles. The van der Waals surface area contributed by atoms with Crippen LogP contribution in [0.3, 0.4) is 0 Å². The summed E-state index contributed by atoms with van der Waals surface area (Å²) >= 11 is 6.74. The van der Waals surface area contributed by atoms with E-state index in [0.717, 1.165) is 8.95 Å². The third-order valence-corrected chi connectivity index (χ3v) is 9.15. The van der Waals surface area contributed by atoms with Crippen LogP contribution < -0.4 is 15.2 Å². The fourth-order valence-electron chi connectivity index (χ4n) is 4.21. The molecule has 0 saturated carbocycles. The lowest BCUT2D eigenvalue weighted by Crippen LogP contribution is -2.47. The fourth-order valence-corrected chi connectivity index (χ4v) is 6.31. The lowest BCUT2D eigenvalue weighted by atomic mass is 9.93. The van der Waals surface area contributed by atoms with Gasteiger partial charge in [-0.05, 0) is 58.9 Å². The van der Waals surface area contributed by atoms with E-state index in [1.54, 1.807) is 42.4 Å². The monoisotopic (exact) mass is 718 g/mol. The molecule has 1 saturated heterocycles. The lowest BCUT2D eigenvalue weighted by molar-refractivity contribution is -0.150. The molecule has 0 amide bonds. The van der Waals surface area contributed by atoms with Gasteiger partial charge in [-0.3, -0.25) is 0 Å². The van der Waals surface area contributed by atoms with E-state index in [2.05, 4.69) is 31.9 Å². The summed E-state index contributed by atoms with van der Waals surface area (Å²) in [6.45, 7) is 10.2. The van der Waals surface area contributed by atoms with Crippen LogP contribution in [-0.2, 0) is 45.9 Å². The molecular weight excluding hydrogens is 684 g/mol. The van der Waals surface area contributed by atoms with Crippen LogP contribution in [0.2, 0.25) is 0 Å². The van der Waals surface area contributed by atoms with Crippen LogP contribution in [0, 0.1) is 0 Å². The number of hydrogen-bond acceptors (Lipinski definition) is 9. The minimum atomic E-state index is -1.36. The Hall–Kier alpha value is -2.03. The number of ether oxygens (including phenoxy) is 5. The van der Waals surface area contributed by atoms with Crippen LogP contribution >= 0.6 is 31.9 Å². The van der Waals surface area contributed by atoms with Gasteiger partial charge in [0.05, 0.1) is 18.0 Å². The minimum absolute atomic E-state index is 0.0463. The molecule has 13 heteroatoms. The minimum Gasteiger partial charge on any atom is -0.490 e. The summed E-state index contributed by atoms with van der Waals surface area (Å²) < 4.78 is 42.0.